The van der Waals surface area contributed by atoms with Crippen LogP contribution in [0.1, 0.15) is 71.4 Å². The summed E-state index contributed by atoms with van der Waals surface area (Å²) in [5.74, 6) is -0.701. The van der Waals surface area contributed by atoms with Gasteiger partial charge in [0.25, 0.3) is 0 Å². The summed E-state index contributed by atoms with van der Waals surface area (Å²) in [6.45, 7) is 9.27. The number of nitrogens with zero attached hydrogens (tertiary/aromatic N) is 3. The molecule has 2 N–H and O–H groups in total. The van der Waals surface area contributed by atoms with Gasteiger partial charge in [-0.15, -0.1) is 0 Å². The Labute approximate surface area is 250 Å². The number of aromatic nitrogens is 1. The van der Waals surface area contributed by atoms with Gasteiger partial charge in [0.2, 0.25) is 0 Å². The highest BCUT2D eigenvalue weighted by atomic mass is 16.6. The van der Waals surface area contributed by atoms with E-state index in [1.807, 2.05) is 56.4 Å². The van der Waals surface area contributed by atoms with Crippen LogP contribution in [-0.4, -0.2) is 94.2 Å². The predicted octanol–water partition coefficient (Wildman–Crippen LogP) is 4.62. The molecule has 2 aliphatic heterocycles. The molecule has 1 saturated heterocycles. The van der Waals surface area contributed by atoms with Crippen LogP contribution < -0.4 is 0 Å². The van der Waals surface area contributed by atoms with Crippen LogP contribution in [0.2, 0.25) is 0 Å². The minimum absolute atomic E-state index is 0.0691. The molecule has 0 aromatic carbocycles. The van der Waals surface area contributed by atoms with Crippen LogP contribution in [0.3, 0.4) is 0 Å². The molecule has 0 unspecified atom stereocenters. The number of rotatable bonds is 6. The quantitative estimate of drug-likeness (QED) is 0.284. The SMILES string of the molecule is C/C(=C\C=C\[C@H](C)c1ccccn1)[C@H]1OC(=O)C[C@@H](O)CC[C@](C)(O)[C@H](OC(=O)N(C)C2CCN(C)CC2)/C=C/[C@@H]1C. The molecule has 6 atom stereocenters. The summed E-state index contributed by atoms with van der Waals surface area (Å²) in [6.07, 6.45) is 9.91. The fourth-order valence-corrected chi connectivity index (χ4v) is 5.39. The fraction of sp³-hybridized carbons (Fsp3) is 0.606. The second-order valence-corrected chi connectivity index (χ2v) is 12.2. The molecule has 9 nitrogen and oxygen atoms in total. The number of likely N-dealkylation sites (tertiary alicyclic amines) is 1. The summed E-state index contributed by atoms with van der Waals surface area (Å²) in [5.41, 5.74) is 0.323. The van der Waals surface area contributed by atoms with Crippen molar-refractivity contribution in [2.45, 2.75) is 95.7 Å². The predicted molar refractivity (Wildman–Crippen MR) is 163 cm³/mol. The minimum Gasteiger partial charge on any atom is -0.457 e. The molecule has 3 heterocycles. The normalized spacial score (nSPS) is 30.6. The van der Waals surface area contributed by atoms with Gasteiger partial charge in [-0.1, -0.05) is 44.2 Å². The Morgan fingerprint density at radius 1 is 1.26 bits per heavy atom. The summed E-state index contributed by atoms with van der Waals surface area (Å²) in [4.78, 5) is 34.2. The number of carbonyl (C=O) groups excluding carboxylic acids is 2. The van der Waals surface area contributed by atoms with Crippen LogP contribution in [0, 0.1) is 5.92 Å². The number of hydrogen-bond acceptors (Lipinski definition) is 8. The Kier molecular flexibility index (Phi) is 12.3. The van der Waals surface area contributed by atoms with Crippen molar-refractivity contribution in [2.24, 2.45) is 5.92 Å². The van der Waals surface area contributed by atoms with E-state index in [1.54, 1.807) is 31.1 Å². The first kappa shape index (κ1) is 33.5. The second kappa shape index (κ2) is 15.5. The zero-order valence-corrected chi connectivity index (χ0v) is 26.0. The third kappa shape index (κ3) is 9.78. The number of hydrogen-bond donors (Lipinski definition) is 2. The monoisotopic (exact) mass is 583 g/mol. The molecule has 1 fully saturated rings. The van der Waals surface area contributed by atoms with Gasteiger partial charge in [0, 0.05) is 36.8 Å². The average molecular weight is 584 g/mol. The van der Waals surface area contributed by atoms with E-state index in [9.17, 15) is 19.8 Å². The maximum absolute atomic E-state index is 13.2. The van der Waals surface area contributed by atoms with Crippen LogP contribution in [0.25, 0.3) is 0 Å². The van der Waals surface area contributed by atoms with Crippen molar-refractivity contribution in [3.05, 3.63) is 66.0 Å². The lowest BCUT2D eigenvalue weighted by molar-refractivity contribution is -0.151. The molecule has 2 aliphatic rings. The smallest absolute Gasteiger partial charge is 0.410 e. The highest BCUT2D eigenvalue weighted by Crippen LogP contribution is 2.28. The lowest BCUT2D eigenvalue weighted by Crippen LogP contribution is -2.48. The Morgan fingerprint density at radius 3 is 2.64 bits per heavy atom. The van der Waals surface area contributed by atoms with Crippen molar-refractivity contribution in [2.75, 3.05) is 27.2 Å². The number of allylic oxidation sites excluding steroid dienone is 3. The lowest BCUT2D eigenvalue weighted by Gasteiger charge is -2.37. The number of ether oxygens (including phenoxy) is 2. The van der Waals surface area contributed by atoms with E-state index in [0.29, 0.717) is 0 Å². The average Bonchev–Trinajstić information content (AvgIpc) is 2.96. The van der Waals surface area contributed by atoms with Gasteiger partial charge in [-0.2, -0.15) is 0 Å². The van der Waals surface area contributed by atoms with Crippen LogP contribution in [0.4, 0.5) is 4.79 Å². The lowest BCUT2D eigenvalue weighted by atomic mass is 9.88. The van der Waals surface area contributed by atoms with E-state index in [4.69, 9.17) is 9.47 Å². The van der Waals surface area contributed by atoms with Crippen molar-refractivity contribution in [1.82, 2.24) is 14.8 Å². The zero-order chi connectivity index (χ0) is 30.9. The molecule has 9 heteroatoms. The standard InChI is InChI=1S/C33H49N3O6/c1-23(28-12-7-8-19-34-28)10-9-11-24(2)31-25(3)13-14-29(33(4,40)18-15-27(37)22-30(38)42-31)41-32(39)36(6)26-16-20-35(5)21-17-26/h7-14,19,23,25-27,29,31,37,40H,15-18,20-22H2,1-6H3/b10-9+,14-13+,24-11+/t23-,25-,27-,29+,31+,33-/m0/s1. The Morgan fingerprint density at radius 2 is 1.98 bits per heavy atom. The molecule has 232 valence electrons. The van der Waals surface area contributed by atoms with E-state index < -0.39 is 36.0 Å². The van der Waals surface area contributed by atoms with E-state index in [1.165, 1.54) is 0 Å². The van der Waals surface area contributed by atoms with E-state index in [2.05, 4.69) is 23.9 Å². The fourth-order valence-electron chi connectivity index (χ4n) is 5.39. The number of pyridine rings is 1. The highest BCUT2D eigenvalue weighted by molar-refractivity contribution is 5.70. The summed E-state index contributed by atoms with van der Waals surface area (Å²) in [5, 5.41) is 22.0. The molecule has 42 heavy (non-hydrogen) atoms. The van der Waals surface area contributed by atoms with Crippen molar-refractivity contribution < 1.29 is 29.3 Å². The maximum Gasteiger partial charge on any atom is 0.410 e. The van der Waals surface area contributed by atoms with E-state index in [-0.39, 0.29) is 37.1 Å². The van der Waals surface area contributed by atoms with E-state index >= 15 is 0 Å². The van der Waals surface area contributed by atoms with Crippen molar-refractivity contribution >= 4 is 12.1 Å². The molecule has 0 radical (unpaired) electrons. The first-order chi connectivity index (χ1) is 19.9. The van der Waals surface area contributed by atoms with Crippen LogP contribution in [-0.2, 0) is 14.3 Å². The zero-order valence-electron chi connectivity index (χ0n) is 26.0. The van der Waals surface area contributed by atoms with Crippen LogP contribution >= 0.6 is 0 Å². The topological polar surface area (TPSA) is 112 Å². The molecule has 1 aromatic heterocycles. The van der Waals surface area contributed by atoms with Gasteiger partial charge in [-0.25, -0.2) is 4.79 Å². The molecular formula is C33H49N3O6. The molecule has 0 saturated carbocycles. The third-order valence-corrected chi connectivity index (χ3v) is 8.44. The number of aliphatic hydroxyl groups excluding tert-OH is 1. The Balaban J connectivity index is 1.80. The van der Waals surface area contributed by atoms with Gasteiger partial charge in [0.05, 0.1) is 12.5 Å². The third-order valence-electron chi connectivity index (χ3n) is 8.44. The number of amides is 1. The molecule has 1 amide bonds. The Bertz CT molecular complexity index is 1110. The van der Waals surface area contributed by atoms with Gasteiger partial charge < -0.3 is 29.5 Å². The second-order valence-electron chi connectivity index (χ2n) is 12.2. The minimum atomic E-state index is -1.45. The largest absolute Gasteiger partial charge is 0.457 e. The molecule has 0 spiro atoms. The van der Waals surface area contributed by atoms with Crippen molar-refractivity contribution in [1.29, 1.82) is 0 Å². The van der Waals surface area contributed by atoms with Gasteiger partial charge in [-0.3, -0.25) is 9.78 Å². The Hall–Kier alpha value is -3.01. The maximum atomic E-state index is 13.2. The summed E-state index contributed by atoms with van der Waals surface area (Å²) in [6, 6.07) is 5.88. The summed E-state index contributed by atoms with van der Waals surface area (Å²) < 4.78 is 11.8. The van der Waals surface area contributed by atoms with Crippen molar-refractivity contribution in [3.63, 3.8) is 0 Å². The van der Waals surface area contributed by atoms with Crippen molar-refractivity contribution in [3.8, 4) is 0 Å². The van der Waals surface area contributed by atoms with Gasteiger partial charge in [0.1, 0.15) is 11.7 Å². The molecular weight excluding hydrogens is 534 g/mol. The number of aliphatic hydroxyl groups is 2. The van der Waals surface area contributed by atoms with Gasteiger partial charge >= 0.3 is 12.1 Å². The molecule has 0 aliphatic carbocycles. The number of cyclic esters (lactones) is 1. The van der Waals surface area contributed by atoms with Crippen LogP contribution in [0.15, 0.2) is 60.3 Å². The van der Waals surface area contributed by atoms with E-state index in [0.717, 1.165) is 37.2 Å². The number of piperidine rings is 1. The summed E-state index contributed by atoms with van der Waals surface area (Å²) >= 11 is 0. The summed E-state index contributed by atoms with van der Waals surface area (Å²) in [7, 11) is 3.81. The van der Waals surface area contributed by atoms with Crippen LogP contribution in [0.5, 0.6) is 0 Å². The van der Waals surface area contributed by atoms with Gasteiger partial charge in [0.15, 0.2) is 6.10 Å². The molecule has 3 rings (SSSR count). The van der Waals surface area contributed by atoms with Gasteiger partial charge in [-0.05, 0) is 83.4 Å². The first-order valence-corrected chi connectivity index (χ1v) is 15.0. The number of carbonyl (C=O) groups is 2. The molecule has 0 bridgehead atoms. The highest BCUT2D eigenvalue weighted by Gasteiger charge is 2.37. The number of esters is 1. The molecule has 1 aromatic rings. The first-order valence-electron chi connectivity index (χ1n) is 15.0.